The molecular formula is C18H26F3NO3. The summed E-state index contributed by atoms with van der Waals surface area (Å²) < 4.78 is 49.4. The zero-order valence-corrected chi connectivity index (χ0v) is 15.2. The van der Waals surface area contributed by atoms with E-state index in [1.165, 1.54) is 0 Å². The molecule has 2 N–H and O–H groups in total. The Labute approximate surface area is 146 Å². The van der Waals surface area contributed by atoms with Gasteiger partial charge in [0.05, 0.1) is 12.5 Å². The number of nitrogens with two attached hydrogens (primary N) is 1. The Morgan fingerprint density at radius 1 is 1.12 bits per heavy atom. The van der Waals surface area contributed by atoms with Gasteiger partial charge in [0.15, 0.2) is 0 Å². The molecule has 7 heteroatoms. The Hall–Kier alpha value is -1.76. The molecule has 0 aliphatic heterocycles. The van der Waals surface area contributed by atoms with Crippen molar-refractivity contribution in [2.24, 2.45) is 5.73 Å². The number of hydrogen-bond donors (Lipinski definition) is 1. The van der Waals surface area contributed by atoms with E-state index in [4.69, 9.17) is 15.2 Å². The van der Waals surface area contributed by atoms with Crippen molar-refractivity contribution in [2.45, 2.75) is 70.9 Å². The van der Waals surface area contributed by atoms with Gasteiger partial charge >= 0.3 is 12.1 Å². The number of carbonyl (C=O) groups is 1. The predicted octanol–water partition coefficient (Wildman–Crippen LogP) is 4.01. The lowest BCUT2D eigenvalue weighted by molar-refractivity contribution is -0.179. The van der Waals surface area contributed by atoms with Gasteiger partial charge in [0.1, 0.15) is 16.9 Å². The van der Waals surface area contributed by atoms with Gasteiger partial charge in [-0.25, -0.2) is 0 Å². The molecule has 0 bridgehead atoms. The summed E-state index contributed by atoms with van der Waals surface area (Å²) in [5, 5.41) is 0. The summed E-state index contributed by atoms with van der Waals surface area (Å²) in [7, 11) is 0. The van der Waals surface area contributed by atoms with Crippen LogP contribution in [-0.2, 0) is 16.0 Å². The fourth-order valence-electron chi connectivity index (χ4n) is 2.27. The maximum atomic E-state index is 12.9. The van der Waals surface area contributed by atoms with Crippen molar-refractivity contribution in [1.29, 1.82) is 0 Å². The van der Waals surface area contributed by atoms with Crippen LogP contribution in [0.5, 0.6) is 5.75 Å². The molecule has 0 heterocycles. The maximum Gasteiger partial charge on any atom is 0.391 e. The summed E-state index contributed by atoms with van der Waals surface area (Å²) in [6.45, 7) is 8.47. The zero-order valence-electron chi connectivity index (χ0n) is 15.2. The summed E-state index contributed by atoms with van der Waals surface area (Å²) in [6.07, 6.45) is -6.36. The number of carbonyl (C=O) groups excluding carboxylic acids is 1. The number of rotatable bonds is 6. The van der Waals surface area contributed by atoms with Crippen LogP contribution < -0.4 is 10.5 Å². The Morgan fingerprint density at radius 2 is 1.64 bits per heavy atom. The van der Waals surface area contributed by atoms with Crippen LogP contribution >= 0.6 is 0 Å². The highest BCUT2D eigenvalue weighted by Crippen LogP contribution is 2.31. The van der Waals surface area contributed by atoms with Crippen molar-refractivity contribution in [1.82, 2.24) is 0 Å². The van der Waals surface area contributed by atoms with Gasteiger partial charge in [-0.1, -0.05) is 12.1 Å². The first-order valence-corrected chi connectivity index (χ1v) is 8.05. The highest BCUT2D eigenvalue weighted by atomic mass is 19.4. The molecule has 0 unspecified atom stereocenters. The molecule has 4 nitrogen and oxygen atoms in total. The third-order valence-electron chi connectivity index (χ3n) is 3.14. The second kappa shape index (κ2) is 7.64. The van der Waals surface area contributed by atoms with Crippen molar-refractivity contribution >= 4 is 5.97 Å². The smallest absolute Gasteiger partial charge is 0.391 e. The third-order valence-corrected chi connectivity index (χ3v) is 3.14. The van der Waals surface area contributed by atoms with E-state index in [1.807, 2.05) is 13.8 Å². The van der Waals surface area contributed by atoms with Crippen LogP contribution in [0.25, 0.3) is 0 Å². The lowest BCUT2D eigenvalue weighted by atomic mass is 9.88. The van der Waals surface area contributed by atoms with Gasteiger partial charge in [-0.05, 0) is 52.3 Å². The van der Waals surface area contributed by atoms with Crippen LogP contribution in [0.3, 0.4) is 0 Å². The Kier molecular flexibility index (Phi) is 6.50. The fraction of sp³-hybridized carbons (Fsp3) is 0.611. The van der Waals surface area contributed by atoms with Crippen molar-refractivity contribution in [3.63, 3.8) is 0 Å². The van der Waals surface area contributed by atoms with Crippen molar-refractivity contribution in [3.8, 4) is 5.75 Å². The van der Waals surface area contributed by atoms with Crippen molar-refractivity contribution in [3.05, 3.63) is 29.8 Å². The van der Waals surface area contributed by atoms with Crippen molar-refractivity contribution < 1.29 is 27.4 Å². The Balaban J connectivity index is 3.02. The van der Waals surface area contributed by atoms with Gasteiger partial charge in [-0.15, -0.1) is 0 Å². The van der Waals surface area contributed by atoms with Gasteiger partial charge in [-0.2, -0.15) is 13.2 Å². The summed E-state index contributed by atoms with van der Waals surface area (Å²) >= 11 is 0. The molecule has 1 atom stereocenters. The molecule has 0 radical (unpaired) electrons. The van der Waals surface area contributed by atoms with Gasteiger partial charge in [0, 0.05) is 6.42 Å². The topological polar surface area (TPSA) is 61.5 Å². The van der Waals surface area contributed by atoms with E-state index in [1.54, 1.807) is 45.0 Å². The molecule has 0 saturated heterocycles. The lowest BCUT2D eigenvalue weighted by Gasteiger charge is -2.32. The average molecular weight is 361 g/mol. The number of benzene rings is 1. The molecule has 1 aromatic carbocycles. The Bertz CT molecular complexity index is 577. The fourth-order valence-corrected chi connectivity index (χ4v) is 2.27. The van der Waals surface area contributed by atoms with Crippen LogP contribution in [0.15, 0.2) is 24.3 Å². The molecular weight excluding hydrogens is 335 g/mol. The summed E-state index contributed by atoms with van der Waals surface area (Å²) in [5.74, 6) is -0.478. The largest absolute Gasteiger partial charge is 0.491 e. The minimum Gasteiger partial charge on any atom is -0.491 e. The highest BCUT2D eigenvalue weighted by Gasteiger charge is 2.47. The first kappa shape index (κ1) is 21.3. The quantitative estimate of drug-likeness (QED) is 0.778. The van der Waals surface area contributed by atoms with Crippen LogP contribution in [0.1, 0.15) is 46.6 Å². The SMILES string of the molecule is CC(C)Oc1ccc(C[C@](N)(CC(F)(F)F)C(=O)OC(C)(C)C)cc1. The maximum absolute atomic E-state index is 12.9. The molecule has 1 aromatic rings. The van der Waals surface area contributed by atoms with E-state index in [0.29, 0.717) is 11.3 Å². The third kappa shape index (κ3) is 7.77. The van der Waals surface area contributed by atoms with Crippen LogP contribution in [0.4, 0.5) is 13.2 Å². The van der Waals surface area contributed by atoms with Crippen molar-refractivity contribution in [2.75, 3.05) is 0 Å². The molecule has 1 rings (SSSR count). The minimum atomic E-state index is -4.59. The van der Waals surface area contributed by atoms with Crippen LogP contribution in [-0.4, -0.2) is 29.4 Å². The molecule has 142 valence electrons. The molecule has 0 aromatic heterocycles. The van der Waals surface area contributed by atoms with Gasteiger partial charge in [-0.3, -0.25) is 4.79 Å². The molecule has 0 amide bonds. The van der Waals surface area contributed by atoms with E-state index in [2.05, 4.69) is 0 Å². The second-order valence-electron chi connectivity index (χ2n) is 7.44. The standard InChI is InChI=1S/C18H26F3NO3/c1-12(2)24-14-8-6-13(7-9-14)10-17(22,11-18(19,20)21)15(23)25-16(3,4)5/h6-9,12H,10-11,22H2,1-5H3/t17-/m0/s1. The summed E-state index contributed by atoms with van der Waals surface area (Å²) in [6, 6.07) is 6.47. The van der Waals surface area contributed by atoms with E-state index >= 15 is 0 Å². The monoisotopic (exact) mass is 361 g/mol. The molecule has 0 spiro atoms. The van der Waals surface area contributed by atoms with Crippen LogP contribution in [0, 0.1) is 0 Å². The molecule has 25 heavy (non-hydrogen) atoms. The van der Waals surface area contributed by atoms with Crippen LogP contribution in [0.2, 0.25) is 0 Å². The number of hydrogen-bond acceptors (Lipinski definition) is 4. The average Bonchev–Trinajstić information content (AvgIpc) is 2.36. The summed E-state index contributed by atoms with van der Waals surface area (Å²) in [5.41, 5.74) is 3.24. The molecule has 0 fully saturated rings. The van der Waals surface area contributed by atoms with E-state index in [0.717, 1.165) is 0 Å². The first-order valence-electron chi connectivity index (χ1n) is 8.05. The van der Waals surface area contributed by atoms with Gasteiger partial charge < -0.3 is 15.2 Å². The number of ether oxygens (including phenoxy) is 2. The van der Waals surface area contributed by atoms with E-state index < -0.39 is 29.7 Å². The number of halogens is 3. The normalized spacial score (nSPS) is 15.0. The first-order chi connectivity index (χ1) is 11.2. The summed E-state index contributed by atoms with van der Waals surface area (Å²) in [4.78, 5) is 12.3. The van der Waals surface area contributed by atoms with Gasteiger partial charge in [0.2, 0.25) is 0 Å². The van der Waals surface area contributed by atoms with E-state index in [-0.39, 0.29) is 12.5 Å². The molecule has 0 aliphatic rings. The van der Waals surface area contributed by atoms with E-state index in [9.17, 15) is 18.0 Å². The minimum absolute atomic E-state index is 0.0218. The number of esters is 1. The number of alkyl halides is 3. The van der Waals surface area contributed by atoms with Gasteiger partial charge in [0.25, 0.3) is 0 Å². The second-order valence-corrected chi connectivity index (χ2v) is 7.44. The predicted molar refractivity (Wildman–Crippen MR) is 89.3 cm³/mol. The zero-order chi connectivity index (χ0) is 19.5. The Morgan fingerprint density at radius 3 is 2.04 bits per heavy atom. The molecule has 0 aliphatic carbocycles. The molecule has 0 saturated carbocycles. The highest BCUT2D eigenvalue weighted by molar-refractivity contribution is 5.81. The lowest BCUT2D eigenvalue weighted by Crippen LogP contribution is -2.55.